The molecule has 2 aliphatic carbocycles. The molecule has 1 aromatic heterocycles. The standard InChI is InChI=1S/C25H21ClF3N3O5S/c1-2-19-30-22(13-7-8-13)23(24(33)34)32(19)11-16-14-9-10-37-12-17(14)21(26)20(16)15-5-3-4-6-18(15)31-38(35,36)25(27,28)29/h3-6,9-10,12-13,31H,2,7-8,11H2,1H3,(H,33,34). The molecule has 38 heavy (non-hydrogen) atoms. The smallest absolute Gasteiger partial charge is 0.477 e. The summed E-state index contributed by atoms with van der Waals surface area (Å²) in [6, 6.07) is 7.18. The number of nitrogens with one attached hydrogen (secondary N) is 1. The van der Waals surface area contributed by atoms with Gasteiger partial charge in [-0.2, -0.15) is 21.6 Å². The van der Waals surface area contributed by atoms with Gasteiger partial charge in [0.2, 0.25) is 0 Å². The zero-order chi connectivity index (χ0) is 27.4. The molecule has 1 fully saturated rings. The Hall–Kier alpha value is -3.51. The van der Waals surface area contributed by atoms with Gasteiger partial charge in [-0.25, -0.2) is 9.78 Å². The second kappa shape index (κ2) is 9.35. The number of aryl methyl sites for hydroxylation is 1. The lowest BCUT2D eigenvalue weighted by Gasteiger charge is -2.16. The summed E-state index contributed by atoms with van der Waals surface area (Å²) >= 11 is 6.74. The molecule has 5 rings (SSSR count). The molecule has 2 heterocycles. The number of aromatic nitrogens is 2. The number of carbonyl (C=O) groups is 1. The third-order valence-corrected chi connectivity index (χ3v) is 7.98. The molecule has 200 valence electrons. The highest BCUT2D eigenvalue weighted by molar-refractivity contribution is 7.93. The van der Waals surface area contributed by atoms with E-state index >= 15 is 0 Å². The molecule has 2 N–H and O–H groups in total. The SMILES string of the molecule is CCc1nc(C2CC2)c(C(=O)O)n1Cc1c2ccocc-2c(Cl)c1-c1ccccc1NS(=O)(=O)C(F)(F)F. The molecule has 0 spiro atoms. The molecule has 1 aliphatic heterocycles. The van der Waals surface area contributed by atoms with E-state index in [1.165, 1.54) is 36.8 Å². The number of alkyl halides is 3. The predicted octanol–water partition coefficient (Wildman–Crippen LogP) is 6.35. The van der Waals surface area contributed by atoms with E-state index in [2.05, 4.69) is 4.98 Å². The minimum Gasteiger partial charge on any atom is -0.477 e. The monoisotopic (exact) mass is 567 g/mol. The van der Waals surface area contributed by atoms with Crippen LogP contribution in [0.15, 0.2) is 47.3 Å². The van der Waals surface area contributed by atoms with Gasteiger partial charge in [-0.3, -0.25) is 4.72 Å². The van der Waals surface area contributed by atoms with Crippen LogP contribution >= 0.6 is 11.6 Å². The molecule has 1 saturated carbocycles. The highest BCUT2D eigenvalue weighted by atomic mass is 35.5. The molecular formula is C25H21ClF3N3O5S. The number of carboxylic acid groups (broad SMARTS) is 1. The van der Waals surface area contributed by atoms with Gasteiger partial charge in [0.15, 0.2) is 5.69 Å². The normalized spacial score (nSPS) is 14.2. The molecular weight excluding hydrogens is 547 g/mol. The van der Waals surface area contributed by atoms with Gasteiger partial charge in [0, 0.05) is 29.0 Å². The average Bonchev–Trinajstić information content (AvgIpc) is 3.58. The van der Waals surface area contributed by atoms with Crippen LogP contribution in [0.1, 0.15) is 53.3 Å². The number of anilines is 1. The van der Waals surface area contributed by atoms with Crippen LogP contribution in [0, 0.1) is 0 Å². The van der Waals surface area contributed by atoms with Crippen LogP contribution in [0.2, 0.25) is 5.02 Å². The Morgan fingerprint density at radius 3 is 2.55 bits per heavy atom. The Labute approximate surface area is 220 Å². The number of fused-ring (bicyclic) bond motifs is 1. The fourth-order valence-electron chi connectivity index (χ4n) is 4.63. The summed E-state index contributed by atoms with van der Waals surface area (Å²) in [6.45, 7) is 1.83. The van der Waals surface area contributed by atoms with Crippen molar-refractivity contribution >= 4 is 33.3 Å². The van der Waals surface area contributed by atoms with E-state index < -0.39 is 21.5 Å². The van der Waals surface area contributed by atoms with E-state index in [4.69, 9.17) is 16.0 Å². The van der Waals surface area contributed by atoms with E-state index in [1.54, 1.807) is 15.4 Å². The molecule has 0 amide bonds. The Bertz CT molecular complexity index is 1620. The van der Waals surface area contributed by atoms with Crippen molar-refractivity contribution in [2.45, 2.75) is 44.2 Å². The summed E-state index contributed by atoms with van der Waals surface area (Å²) in [5, 5.41) is 10.2. The van der Waals surface area contributed by atoms with Crippen molar-refractivity contribution in [1.29, 1.82) is 0 Å². The molecule has 2 aromatic rings. The Kier molecular flexibility index (Phi) is 6.42. The first-order valence-electron chi connectivity index (χ1n) is 11.6. The number of sulfonamides is 1. The van der Waals surface area contributed by atoms with Crippen LogP contribution in [-0.2, 0) is 23.0 Å². The summed E-state index contributed by atoms with van der Waals surface area (Å²) in [5.74, 6) is -0.549. The zero-order valence-electron chi connectivity index (χ0n) is 19.8. The maximum atomic E-state index is 13.2. The van der Waals surface area contributed by atoms with E-state index in [0.717, 1.165) is 12.8 Å². The molecule has 3 aliphatic rings. The third-order valence-electron chi connectivity index (χ3n) is 6.49. The number of hydrogen-bond donors (Lipinski definition) is 2. The fraction of sp³-hybridized carbons (Fsp3) is 0.280. The van der Waals surface area contributed by atoms with Gasteiger partial charge in [0.05, 0.1) is 35.5 Å². The van der Waals surface area contributed by atoms with Crippen molar-refractivity contribution in [3.8, 4) is 22.3 Å². The number of aromatic carboxylic acids is 1. The molecule has 0 saturated heterocycles. The molecule has 0 bridgehead atoms. The van der Waals surface area contributed by atoms with Gasteiger partial charge in [-0.1, -0.05) is 36.7 Å². The van der Waals surface area contributed by atoms with E-state index in [0.29, 0.717) is 34.6 Å². The largest absolute Gasteiger partial charge is 0.516 e. The van der Waals surface area contributed by atoms with Crippen LogP contribution < -0.4 is 4.72 Å². The number of hydrogen-bond acceptors (Lipinski definition) is 5. The maximum absolute atomic E-state index is 13.2. The molecule has 8 nitrogen and oxygen atoms in total. The van der Waals surface area contributed by atoms with Gasteiger partial charge in [-0.05, 0) is 36.1 Å². The Balaban J connectivity index is 1.73. The van der Waals surface area contributed by atoms with Crippen LogP contribution in [0.25, 0.3) is 22.3 Å². The lowest BCUT2D eigenvalue weighted by Crippen LogP contribution is -2.30. The van der Waals surface area contributed by atoms with Gasteiger partial charge < -0.3 is 14.1 Å². The molecule has 13 heteroatoms. The second-order valence-electron chi connectivity index (χ2n) is 8.93. The number of carboxylic acids is 1. The summed E-state index contributed by atoms with van der Waals surface area (Å²) in [6.07, 6.45) is 4.88. The molecule has 0 unspecified atom stereocenters. The van der Waals surface area contributed by atoms with Crippen molar-refractivity contribution in [1.82, 2.24) is 9.55 Å². The molecule has 0 radical (unpaired) electrons. The van der Waals surface area contributed by atoms with Gasteiger partial charge in [0.25, 0.3) is 0 Å². The first-order valence-corrected chi connectivity index (χ1v) is 13.5. The first-order chi connectivity index (χ1) is 17.9. The van der Waals surface area contributed by atoms with E-state index in [1.807, 2.05) is 6.92 Å². The van der Waals surface area contributed by atoms with Crippen molar-refractivity contribution in [3.63, 3.8) is 0 Å². The number of halogens is 4. The Morgan fingerprint density at radius 2 is 1.92 bits per heavy atom. The highest BCUT2D eigenvalue weighted by Crippen LogP contribution is 2.49. The van der Waals surface area contributed by atoms with E-state index in [-0.39, 0.29) is 40.0 Å². The Morgan fingerprint density at radius 1 is 1.21 bits per heavy atom. The summed E-state index contributed by atoms with van der Waals surface area (Å²) in [4.78, 5) is 16.9. The van der Waals surface area contributed by atoms with Crippen LogP contribution in [-0.4, -0.2) is 34.6 Å². The number of rotatable bonds is 8. The first kappa shape index (κ1) is 26.1. The topological polar surface area (TPSA) is 114 Å². The summed E-state index contributed by atoms with van der Waals surface area (Å²) < 4.78 is 71.9. The third kappa shape index (κ3) is 4.41. The summed E-state index contributed by atoms with van der Waals surface area (Å²) in [7, 11) is -5.73. The highest BCUT2D eigenvalue weighted by Gasteiger charge is 2.46. The lowest BCUT2D eigenvalue weighted by molar-refractivity contribution is -0.0429. The van der Waals surface area contributed by atoms with Gasteiger partial charge >= 0.3 is 21.5 Å². The molecule has 0 atom stereocenters. The number of imidazole rings is 1. The van der Waals surface area contributed by atoms with Crippen LogP contribution in [0.5, 0.6) is 0 Å². The van der Waals surface area contributed by atoms with Gasteiger partial charge in [-0.15, -0.1) is 0 Å². The van der Waals surface area contributed by atoms with Crippen molar-refractivity contribution < 1.29 is 35.9 Å². The maximum Gasteiger partial charge on any atom is 0.516 e. The van der Waals surface area contributed by atoms with Crippen molar-refractivity contribution in [2.24, 2.45) is 0 Å². The lowest BCUT2D eigenvalue weighted by atomic mass is 10.0. The average molecular weight is 568 g/mol. The number of benzene rings is 1. The molecule has 1 aromatic carbocycles. The second-order valence-corrected chi connectivity index (χ2v) is 11.0. The van der Waals surface area contributed by atoms with Crippen LogP contribution in [0.4, 0.5) is 18.9 Å². The number of nitrogens with zero attached hydrogens (tertiary/aromatic N) is 2. The predicted molar refractivity (Wildman–Crippen MR) is 134 cm³/mol. The zero-order valence-corrected chi connectivity index (χ0v) is 21.4. The van der Waals surface area contributed by atoms with E-state index in [9.17, 15) is 31.5 Å². The van der Waals surface area contributed by atoms with Crippen LogP contribution in [0.3, 0.4) is 0 Å². The van der Waals surface area contributed by atoms with Crippen molar-refractivity contribution in [3.05, 3.63) is 70.7 Å². The number of para-hydroxylation sites is 1. The fourth-order valence-corrected chi connectivity index (χ4v) is 5.57. The van der Waals surface area contributed by atoms with Crippen molar-refractivity contribution in [2.75, 3.05) is 4.72 Å². The minimum absolute atomic E-state index is 0.0204. The summed E-state index contributed by atoms with van der Waals surface area (Å²) in [5.41, 5.74) is -3.48. The van der Waals surface area contributed by atoms with Gasteiger partial charge in [0.1, 0.15) is 5.82 Å². The quantitative estimate of drug-likeness (QED) is 0.256. The minimum atomic E-state index is -5.73.